The molecule has 0 saturated carbocycles. The van der Waals surface area contributed by atoms with Gasteiger partial charge in [0.05, 0.1) is 20.3 Å². The van der Waals surface area contributed by atoms with Crippen molar-refractivity contribution in [3.05, 3.63) is 35.9 Å². The lowest BCUT2D eigenvalue weighted by molar-refractivity contribution is -0.159. The number of ether oxygens (including phenoxy) is 3. The SMILES string of the molecule is CCOC(=O)C(NC(C)=O)C(=O)OCC.COc1ccc(/C=C/C(=O)O)cc1. The first kappa shape index (κ1) is 24.6. The third-order valence-corrected chi connectivity index (χ3v) is 2.93. The van der Waals surface area contributed by atoms with Crippen molar-refractivity contribution in [1.29, 1.82) is 0 Å². The summed E-state index contributed by atoms with van der Waals surface area (Å²) in [5, 5.41) is 10.5. The Bertz CT molecular complexity index is 664. The molecule has 0 aliphatic carbocycles. The van der Waals surface area contributed by atoms with Crippen LogP contribution in [0, 0.1) is 0 Å². The number of nitrogens with one attached hydrogen (secondary N) is 1. The summed E-state index contributed by atoms with van der Waals surface area (Å²) in [6.07, 6.45) is 2.63. The average molecular weight is 395 g/mol. The van der Waals surface area contributed by atoms with E-state index in [0.29, 0.717) is 0 Å². The van der Waals surface area contributed by atoms with Crippen LogP contribution in [0.5, 0.6) is 5.75 Å². The number of aliphatic carboxylic acids is 1. The van der Waals surface area contributed by atoms with E-state index < -0.39 is 29.9 Å². The molecule has 9 heteroatoms. The second-order valence-corrected chi connectivity index (χ2v) is 5.08. The van der Waals surface area contributed by atoms with Crippen LogP contribution in [0.2, 0.25) is 0 Å². The molecule has 154 valence electrons. The number of carbonyl (C=O) groups excluding carboxylic acids is 3. The molecule has 0 saturated heterocycles. The number of carboxylic acid groups (broad SMARTS) is 1. The normalized spacial score (nSPS) is 9.89. The zero-order chi connectivity index (χ0) is 21.5. The summed E-state index contributed by atoms with van der Waals surface area (Å²) in [6, 6.07) is 5.77. The predicted molar refractivity (Wildman–Crippen MR) is 101 cm³/mol. The molecule has 0 spiro atoms. The lowest BCUT2D eigenvalue weighted by Gasteiger charge is -2.14. The minimum absolute atomic E-state index is 0.133. The van der Waals surface area contributed by atoms with E-state index in [-0.39, 0.29) is 13.2 Å². The van der Waals surface area contributed by atoms with Crippen molar-refractivity contribution in [2.45, 2.75) is 26.8 Å². The Hall–Kier alpha value is -3.36. The van der Waals surface area contributed by atoms with Crippen LogP contribution in [0.1, 0.15) is 26.3 Å². The minimum Gasteiger partial charge on any atom is -0.497 e. The van der Waals surface area contributed by atoms with E-state index in [0.717, 1.165) is 17.4 Å². The number of hydrogen-bond donors (Lipinski definition) is 2. The van der Waals surface area contributed by atoms with Crippen LogP contribution in [0.25, 0.3) is 6.08 Å². The monoisotopic (exact) mass is 395 g/mol. The third kappa shape index (κ3) is 10.6. The predicted octanol–water partition coefficient (Wildman–Crippen LogP) is 1.41. The summed E-state index contributed by atoms with van der Waals surface area (Å²) in [5.41, 5.74) is 0.836. The van der Waals surface area contributed by atoms with Crippen LogP contribution < -0.4 is 10.1 Å². The zero-order valence-corrected chi connectivity index (χ0v) is 16.3. The quantitative estimate of drug-likeness (QED) is 0.384. The van der Waals surface area contributed by atoms with Crippen molar-refractivity contribution in [2.75, 3.05) is 20.3 Å². The smallest absolute Gasteiger partial charge is 0.340 e. The van der Waals surface area contributed by atoms with Crippen molar-refractivity contribution < 1.29 is 38.5 Å². The van der Waals surface area contributed by atoms with Gasteiger partial charge >= 0.3 is 17.9 Å². The standard InChI is InChI=1S/C10H10O3.C9H15NO5/c1-13-9-5-2-8(3-6-9)4-7-10(11)12;1-4-14-8(12)7(10-6(3)11)9(13)15-5-2/h2-7H,1H3,(H,11,12);7H,4-5H2,1-3H3,(H,10,11)/b7-4+;. The fraction of sp³-hybridized carbons (Fsp3) is 0.368. The molecule has 0 radical (unpaired) electrons. The fourth-order valence-corrected chi connectivity index (χ4v) is 1.75. The molecule has 0 aliphatic heterocycles. The highest BCUT2D eigenvalue weighted by Gasteiger charge is 2.30. The van der Waals surface area contributed by atoms with Crippen molar-refractivity contribution in [3.8, 4) is 5.75 Å². The lowest BCUT2D eigenvalue weighted by Crippen LogP contribution is -2.47. The molecule has 1 amide bonds. The molecule has 2 N–H and O–H groups in total. The highest BCUT2D eigenvalue weighted by atomic mass is 16.6. The van der Waals surface area contributed by atoms with E-state index in [9.17, 15) is 19.2 Å². The van der Waals surface area contributed by atoms with Crippen molar-refractivity contribution >= 4 is 29.9 Å². The Kier molecular flexibility index (Phi) is 12.1. The largest absolute Gasteiger partial charge is 0.497 e. The van der Waals surface area contributed by atoms with Gasteiger partial charge in [-0.25, -0.2) is 14.4 Å². The van der Waals surface area contributed by atoms with Crippen LogP contribution >= 0.6 is 0 Å². The lowest BCUT2D eigenvalue weighted by atomic mass is 10.2. The molecule has 28 heavy (non-hydrogen) atoms. The molecule has 1 aromatic carbocycles. The number of methoxy groups -OCH3 is 1. The van der Waals surface area contributed by atoms with Gasteiger partial charge in [-0.15, -0.1) is 0 Å². The molecular weight excluding hydrogens is 370 g/mol. The van der Waals surface area contributed by atoms with Crippen LogP contribution in [0.3, 0.4) is 0 Å². The summed E-state index contributed by atoms with van der Waals surface area (Å²) < 4.78 is 14.2. The summed E-state index contributed by atoms with van der Waals surface area (Å²) in [5.74, 6) is -2.32. The molecule has 0 atom stereocenters. The van der Waals surface area contributed by atoms with E-state index >= 15 is 0 Å². The number of carboxylic acids is 1. The zero-order valence-electron chi connectivity index (χ0n) is 16.3. The Balaban J connectivity index is 0.000000525. The van der Waals surface area contributed by atoms with Gasteiger partial charge in [-0.3, -0.25) is 4.79 Å². The number of benzene rings is 1. The molecule has 0 unspecified atom stereocenters. The maximum Gasteiger partial charge on any atom is 0.340 e. The first-order valence-corrected chi connectivity index (χ1v) is 8.40. The number of hydrogen-bond acceptors (Lipinski definition) is 7. The van der Waals surface area contributed by atoms with Gasteiger partial charge in [-0.1, -0.05) is 12.1 Å². The summed E-state index contributed by atoms with van der Waals surface area (Å²) >= 11 is 0. The topological polar surface area (TPSA) is 128 Å². The summed E-state index contributed by atoms with van der Waals surface area (Å²) in [4.78, 5) is 43.4. The summed E-state index contributed by atoms with van der Waals surface area (Å²) in [7, 11) is 1.59. The van der Waals surface area contributed by atoms with Crippen molar-refractivity contribution in [1.82, 2.24) is 5.32 Å². The van der Waals surface area contributed by atoms with Gasteiger partial charge in [0.25, 0.3) is 0 Å². The van der Waals surface area contributed by atoms with Crippen molar-refractivity contribution in [2.24, 2.45) is 0 Å². The Morgan fingerprint density at radius 2 is 1.54 bits per heavy atom. The van der Waals surface area contributed by atoms with Crippen LogP contribution in [-0.4, -0.2) is 55.3 Å². The second-order valence-electron chi connectivity index (χ2n) is 5.08. The molecule has 1 aromatic rings. The summed E-state index contributed by atoms with van der Waals surface area (Å²) in [6.45, 7) is 4.68. The van der Waals surface area contributed by atoms with Gasteiger partial charge < -0.3 is 24.6 Å². The molecule has 0 aromatic heterocycles. The van der Waals surface area contributed by atoms with Gasteiger partial charge in [0.2, 0.25) is 11.9 Å². The van der Waals surface area contributed by atoms with Gasteiger partial charge in [-0.2, -0.15) is 0 Å². The highest BCUT2D eigenvalue weighted by Crippen LogP contribution is 2.11. The van der Waals surface area contributed by atoms with Crippen LogP contribution in [0.4, 0.5) is 0 Å². The van der Waals surface area contributed by atoms with Crippen LogP contribution in [0.15, 0.2) is 30.3 Å². The highest BCUT2D eigenvalue weighted by molar-refractivity contribution is 6.02. The number of esters is 2. The number of rotatable bonds is 8. The maximum absolute atomic E-state index is 11.3. The molecule has 0 heterocycles. The number of amides is 1. The molecule has 0 bridgehead atoms. The van der Waals surface area contributed by atoms with E-state index in [2.05, 4.69) is 14.8 Å². The minimum atomic E-state index is -1.37. The Morgan fingerprint density at radius 1 is 1.04 bits per heavy atom. The van der Waals surface area contributed by atoms with Gasteiger partial charge in [0, 0.05) is 13.0 Å². The van der Waals surface area contributed by atoms with E-state index in [1.165, 1.54) is 13.0 Å². The molecule has 0 aliphatic rings. The van der Waals surface area contributed by atoms with E-state index in [1.807, 2.05) is 0 Å². The van der Waals surface area contributed by atoms with Gasteiger partial charge in [0.15, 0.2) is 0 Å². The first-order valence-electron chi connectivity index (χ1n) is 8.40. The Morgan fingerprint density at radius 3 is 1.89 bits per heavy atom. The third-order valence-electron chi connectivity index (χ3n) is 2.93. The van der Waals surface area contributed by atoms with Gasteiger partial charge in [-0.05, 0) is 37.6 Å². The molecule has 9 nitrogen and oxygen atoms in total. The second kappa shape index (κ2) is 13.8. The van der Waals surface area contributed by atoms with Crippen molar-refractivity contribution in [3.63, 3.8) is 0 Å². The molecule has 0 fully saturated rings. The molecular formula is C19H25NO8. The fourth-order valence-electron chi connectivity index (χ4n) is 1.75. The number of carbonyl (C=O) groups is 4. The first-order chi connectivity index (χ1) is 13.2. The van der Waals surface area contributed by atoms with Crippen LogP contribution in [-0.2, 0) is 28.7 Å². The average Bonchev–Trinajstić information content (AvgIpc) is 2.65. The van der Waals surface area contributed by atoms with Gasteiger partial charge in [0.1, 0.15) is 5.75 Å². The Labute approximate surface area is 163 Å². The molecule has 1 rings (SSSR count). The maximum atomic E-state index is 11.3. The van der Waals surface area contributed by atoms with E-state index in [1.54, 1.807) is 45.2 Å². The van der Waals surface area contributed by atoms with E-state index in [4.69, 9.17) is 9.84 Å².